The Hall–Kier alpha value is -1.68. The number of sulfonamides is 1. The summed E-state index contributed by atoms with van der Waals surface area (Å²) in [6.45, 7) is 11.0. The summed E-state index contributed by atoms with van der Waals surface area (Å²) in [6, 6.07) is 2.18. The first-order valence-electron chi connectivity index (χ1n) is 10.1. The van der Waals surface area contributed by atoms with E-state index in [1.807, 2.05) is 0 Å². The van der Waals surface area contributed by atoms with Crippen molar-refractivity contribution in [1.82, 2.24) is 15.1 Å². The number of hydrogen-bond acceptors (Lipinski definition) is 6. The second-order valence-electron chi connectivity index (χ2n) is 8.19. The SMILES string of the molecule is Cc1cc(C)c(C)c(N2CCN(S(=O)(=O)C3(C(=O)NO)CCNCC3)CC2)c1C. The quantitative estimate of drug-likeness (QED) is 0.492. The van der Waals surface area contributed by atoms with Gasteiger partial charge in [0.15, 0.2) is 4.75 Å². The Morgan fingerprint density at radius 2 is 1.55 bits per heavy atom. The minimum Gasteiger partial charge on any atom is -0.368 e. The van der Waals surface area contributed by atoms with Crippen LogP contribution >= 0.6 is 0 Å². The molecule has 9 heteroatoms. The van der Waals surface area contributed by atoms with E-state index in [0.29, 0.717) is 39.3 Å². The van der Waals surface area contributed by atoms with Crippen molar-refractivity contribution >= 4 is 21.6 Å². The third kappa shape index (κ3) is 3.65. The molecule has 2 aliphatic rings. The van der Waals surface area contributed by atoms with Crippen molar-refractivity contribution in [1.29, 1.82) is 0 Å². The van der Waals surface area contributed by atoms with Crippen LogP contribution < -0.4 is 15.7 Å². The van der Waals surface area contributed by atoms with Crippen molar-refractivity contribution in [2.45, 2.75) is 45.3 Å². The van der Waals surface area contributed by atoms with Crippen LogP contribution in [0.1, 0.15) is 35.1 Å². The maximum absolute atomic E-state index is 13.5. The Morgan fingerprint density at radius 1 is 1.03 bits per heavy atom. The minimum absolute atomic E-state index is 0.150. The molecule has 0 unspecified atom stereocenters. The van der Waals surface area contributed by atoms with Gasteiger partial charge in [-0.1, -0.05) is 6.07 Å². The molecule has 2 fully saturated rings. The summed E-state index contributed by atoms with van der Waals surface area (Å²) in [4.78, 5) is 14.7. The summed E-state index contributed by atoms with van der Waals surface area (Å²) in [5, 5.41) is 12.3. The van der Waals surface area contributed by atoms with Crippen LogP contribution in [0.15, 0.2) is 6.07 Å². The van der Waals surface area contributed by atoms with Gasteiger partial charge < -0.3 is 10.2 Å². The highest BCUT2D eigenvalue weighted by Crippen LogP contribution is 2.34. The van der Waals surface area contributed by atoms with E-state index in [2.05, 4.69) is 44.0 Å². The van der Waals surface area contributed by atoms with Gasteiger partial charge in [0, 0.05) is 31.9 Å². The van der Waals surface area contributed by atoms with E-state index in [0.717, 1.165) is 0 Å². The van der Waals surface area contributed by atoms with Crippen LogP contribution in [0.3, 0.4) is 0 Å². The smallest absolute Gasteiger partial charge is 0.266 e. The van der Waals surface area contributed by atoms with Crippen LogP contribution in [0, 0.1) is 27.7 Å². The molecular weight excluding hydrogens is 392 g/mol. The average molecular weight is 425 g/mol. The van der Waals surface area contributed by atoms with Gasteiger partial charge in [-0.2, -0.15) is 4.31 Å². The molecule has 162 valence electrons. The highest BCUT2D eigenvalue weighted by molar-refractivity contribution is 7.91. The number of anilines is 1. The molecule has 0 aromatic heterocycles. The second kappa shape index (κ2) is 8.22. The largest absolute Gasteiger partial charge is 0.368 e. The second-order valence-corrected chi connectivity index (χ2v) is 10.4. The van der Waals surface area contributed by atoms with Crippen molar-refractivity contribution in [3.8, 4) is 0 Å². The number of piperidine rings is 1. The number of nitrogens with one attached hydrogen (secondary N) is 2. The first-order chi connectivity index (χ1) is 13.7. The lowest BCUT2D eigenvalue weighted by atomic mass is 9.96. The predicted octanol–water partition coefficient (Wildman–Crippen LogP) is 1.000. The molecule has 2 heterocycles. The van der Waals surface area contributed by atoms with E-state index in [1.165, 1.54) is 32.2 Å². The molecule has 0 aliphatic carbocycles. The molecule has 3 rings (SSSR count). The van der Waals surface area contributed by atoms with Gasteiger partial charge >= 0.3 is 0 Å². The maximum Gasteiger partial charge on any atom is 0.266 e. The number of piperazine rings is 1. The molecule has 0 saturated carbocycles. The number of hydroxylamine groups is 1. The number of nitrogens with zero attached hydrogens (tertiary/aromatic N) is 2. The van der Waals surface area contributed by atoms with Crippen molar-refractivity contribution in [2.24, 2.45) is 0 Å². The van der Waals surface area contributed by atoms with Gasteiger partial charge in [-0.3, -0.25) is 10.0 Å². The molecule has 0 bridgehead atoms. The van der Waals surface area contributed by atoms with E-state index in [9.17, 15) is 18.4 Å². The zero-order valence-corrected chi connectivity index (χ0v) is 18.5. The summed E-state index contributed by atoms with van der Waals surface area (Å²) < 4.78 is 26.7. The monoisotopic (exact) mass is 424 g/mol. The fraction of sp³-hybridized carbons (Fsp3) is 0.650. The first kappa shape index (κ1) is 22.0. The summed E-state index contributed by atoms with van der Waals surface area (Å²) in [6.07, 6.45) is 0.300. The number of carbonyl (C=O) groups excluding carboxylic acids is 1. The molecule has 0 radical (unpaired) electrons. The van der Waals surface area contributed by atoms with Crippen molar-refractivity contribution < 1.29 is 18.4 Å². The lowest BCUT2D eigenvalue weighted by Gasteiger charge is -2.42. The van der Waals surface area contributed by atoms with Crippen LogP contribution in [0.4, 0.5) is 5.69 Å². The Morgan fingerprint density at radius 3 is 2.03 bits per heavy atom. The topological polar surface area (TPSA) is 102 Å². The van der Waals surface area contributed by atoms with Gasteiger partial charge in [0.2, 0.25) is 10.0 Å². The lowest BCUT2D eigenvalue weighted by Crippen LogP contribution is -2.63. The molecule has 2 aliphatic heterocycles. The van der Waals surface area contributed by atoms with Crippen molar-refractivity contribution in [3.05, 3.63) is 28.3 Å². The fourth-order valence-corrected chi connectivity index (χ4v) is 6.74. The summed E-state index contributed by atoms with van der Waals surface area (Å²) in [5.41, 5.74) is 7.68. The van der Waals surface area contributed by atoms with Gasteiger partial charge in [0.1, 0.15) is 0 Å². The van der Waals surface area contributed by atoms with Gasteiger partial charge in [-0.05, 0) is 75.9 Å². The molecule has 0 spiro atoms. The molecule has 1 aromatic rings. The van der Waals surface area contributed by atoms with E-state index >= 15 is 0 Å². The van der Waals surface area contributed by atoms with Crippen molar-refractivity contribution in [2.75, 3.05) is 44.2 Å². The van der Waals surface area contributed by atoms with Crippen LogP contribution in [0.25, 0.3) is 0 Å². The molecule has 1 amide bonds. The minimum atomic E-state index is -3.91. The summed E-state index contributed by atoms with van der Waals surface area (Å²) in [5.74, 6) is -0.831. The molecular formula is C20H32N4O4S. The lowest BCUT2D eigenvalue weighted by molar-refractivity contribution is -0.132. The Balaban J connectivity index is 1.84. The van der Waals surface area contributed by atoms with E-state index in [1.54, 1.807) is 5.48 Å². The Bertz CT molecular complexity index is 860. The first-order valence-corrected chi connectivity index (χ1v) is 11.6. The fourth-order valence-electron chi connectivity index (χ4n) is 4.60. The van der Waals surface area contributed by atoms with Gasteiger partial charge in [-0.15, -0.1) is 0 Å². The van der Waals surface area contributed by atoms with E-state index in [-0.39, 0.29) is 12.8 Å². The third-order valence-electron chi connectivity index (χ3n) is 6.64. The number of hydrogen-bond donors (Lipinski definition) is 3. The van der Waals surface area contributed by atoms with Crippen LogP contribution in [-0.2, 0) is 14.8 Å². The standard InChI is InChI=1S/C20H32N4O4S/c1-14-13-15(2)17(4)18(16(14)3)23-9-11-24(12-10-23)29(27,28)20(19(25)22-26)5-7-21-8-6-20/h13,21,26H,5-12H2,1-4H3,(H,22,25). The molecule has 1 aromatic carbocycles. The Labute approximate surface area is 173 Å². The van der Waals surface area contributed by atoms with Gasteiger partial charge in [0.05, 0.1) is 0 Å². The highest BCUT2D eigenvalue weighted by atomic mass is 32.2. The maximum atomic E-state index is 13.5. The summed E-state index contributed by atoms with van der Waals surface area (Å²) >= 11 is 0. The predicted molar refractivity (Wildman–Crippen MR) is 113 cm³/mol. The molecule has 0 atom stereocenters. The molecule has 29 heavy (non-hydrogen) atoms. The number of benzene rings is 1. The Kier molecular flexibility index (Phi) is 6.24. The normalized spacial score (nSPS) is 20.5. The van der Waals surface area contributed by atoms with Crippen LogP contribution in [0.2, 0.25) is 0 Å². The summed E-state index contributed by atoms with van der Waals surface area (Å²) in [7, 11) is -3.91. The van der Waals surface area contributed by atoms with E-state index < -0.39 is 20.7 Å². The average Bonchev–Trinajstić information content (AvgIpc) is 2.72. The van der Waals surface area contributed by atoms with Gasteiger partial charge in [-0.25, -0.2) is 13.9 Å². The third-order valence-corrected chi connectivity index (χ3v) is 9.27. The number of carbonyl (C=O) groups is 1. The zero-order valence-electron chi connectivity index (χ0n) is 17.7. The van der Waals surface area contributed by atoms with Gasteiger partial charge in [0.25, 0.3) is 5.91 Å². The number of rotatable bonds is 4. The number of aryl methyl sites for hydroxylation is 2. The number of amides is 1. The highest BCUT2D eigenvalue weighted by Gasteiger charge is 2.54. The van der Waals surface area contributed by atoms with Crippen LogP contribution in [-0.4, -0.2) is 67.9 Å². The molecule has 8 nitrogen and oxygen atoms in total. The van der Waals surface area contributed by atoms with E-state index in [4.69, 9.17) is 0 Å². The molecule has 3 N–H and O–H groups in total. The van der Waals surface area contributed by atoms with Crippen molar-refractivity contribution in [3.63, 3.8) is 0 Å². The molecule has 2 saturated heterocycles. The zero-order chi connectivity index (χ0) is 21.4. The van der Waals surface area contributed by atoms with Crippen LogP contribution in [0.5, 0.6) is 0 Å².